The molecule has 0 aliphatic heterocycles. The summed E-state index contributed by atoms with van der Waals surface area (Å²) < 4.78 is 5.89. The number of para-hydroxylation sites is 1. The molecule has 0 saturated carbocycles. The summed E-state index contributed by atoms with van der Waals surface area (Å²) >= 11 is 5.71. The van der Waals surface area contributed by atoms with E-state index >= 15 is 0 Å². The van der Waals surface area contributed by atoms with Crippen molar-refractivity contribution in [2.45, 2.75) is 19.3 Å². The molecular formula is C19H19ClN2O. The molecule has 0 N–H and O–H groups in total. The molecule has 2 aromatic carbocycles. The highest BCUT2D eigenvalue weighted by Gasteiger charge is 2.09. The maximum atomic E-state index is 5.89. The Labute approximate surface area is 141 Å². The average Bonchev–Trinajstić information content (AvgIpc) is 2.59. The molecule has 0 radical (unpaired) electrons. The van der Waals surface area contributed by atoms with Crippen LogP contribution < -0.4 is 4.74 Å². The standard InChI is InChI=1S/C19H19ClN2O/c20-12-6-7-13-23-19-16-10-4-5-11-17(16)21-18(22-19)14-15-8-2-1-3-9-15/h1-5,8-11H,6-7,12-14H2. The first kappa shape index (κ1) is 15.8. The topological polar surface area (TPSA) is 35.0 Å². The lowest BCUT2D eigenvalue weighted by Crippen LogP contribution is -2.04. The Bertz CT molecular complexity index is 762. The van der Waals surface area contributed by atoms with Gasteiger partial charge >= 0.3 is 0 Å². The molecular weight excluding hydrogens is 308 g/mol. The zero-order valence-corrected chi connectivity index (χ0v) is 13.7. The number of hydrogen-bond donors (Lipinski definition) is 0. The van der Waals surface area contributed by atoms with Crippen LogP contribution in [0, 0.1) is 0 Å². The van der Waals surface area contributed by atoms with Crippen LogP contribution in [0.15, 0.2) is 54.6 Å². The Balaban J connectivity index is 1.87. The SMILES string of the molecule is ClCCCCOc1nc(Cc2ccccc2)nc2ccccc12. The van der Waals surface area contributed by atoms with Gasteiger partial charge in [0.2, 0.25) is 5.88 Å². The summed E-state index contributed by atoms with van der Waals surface area (Å²) in [5.41, 5.74) is 2.11. The molecule has 1 heterocycles. The zero-order valence-electron chi connectivity index (χ0n) is 12.9. The van der Waals surface area contributed by atoms with Crippen LogP contribution in [-0.2, 0) is 6.42 Å². The molecule has 3 aromatic rings. The zero-order chi connectivity index (χ0) is 15.9. The van der Waals surface area contributed by atoms with Gasteiger partial charge in [0, 0.05) is 12.3 Å². The second kappa shape index (κ2) is 7.93. The van der Waals surface area contributed by atoms with Crippen molar-refractivity contribution in [2.24, 2.45) is 0 Å². The van der Waals surface area contributed by atoms with E-state index in [2.05, 4.69) is 22.1 Å². The lowest BCUT2D eigenvalue weighted by molar-refractivity contribution is 0.301. The van der Waals surface area contributed by atoms with Crippen molar-refractivity contribution < 1.29 is 4.74 Å². The molecule has 0 aliphatic rings. The third-order valence-corrected chi connectivity index (χ3v) is 3.85. The molecule has 0 saturated heterocycles. The third kappa shape index (κ3) is 4.20. The van der Waals surface area contributed by atoms with E-state index in [4.69, 9.17) is 16.3 Å². The fraction of sp³-hybridized carbons (Fsp3) is 0.263. The number of benzene rings is 2. The van der Waals surface area contributed by atoms with E-state index in [-0.39, 0.29) is 0 Å². The normalized spacial score (nSPS) is 10.8. The second-order valence-electron chi connectivity index (χ2n) is 5.37. The predicted molar refractivity (Wildman–Crippen MR) is 94.2 cm³/mol. The number of fused-ring (bicyclic) bond motifs is 1. The molecule has 0 unspecified atom stereocenters. The molecule has 4 heteroatoms. The van der Waals surface area contributed by atoms with Crippen LogP contribution in [-0.4, -0.2) is 22.5 Å². The van der Waals surface area contributed by atoms with Crippen molar-refractivity contribution in [3.63, 3.8) is 0 Å². The second-order valence-corrected chi connectivity index (χ2v) is 5.75. The van der Waals surface area contributed by atoms with Crippen LogP contribution in [0.5, 0.6) is 5.88 Å². The van der Waals surface area contributed by atoms with Crippen LogP contribution in [0.4, 0.5) is 0 Å². The number of rotatable bonds is 7. The van der Waals surface area contributed by atoms with E-state index in [9.17, 15) is 0 Å². The quantitative estimate of drug-likeness (QED) is 0.469. The fourth-order valence-electron chi connectivity index (χ4n) is 2.43. The van der Waals surface area contributed by atoms with Gasteiger partial charge in [-0.3, -0.25) is 0 Å². The summed E-state index contributed by atoms with van der Waals surface area (Å²) in [4.78, 5) is 9.29. The van der Waals surface area contributed by atoms with Crippen LogP contribution in [0.2, 0.25) is 0 Å². The largest absolute Gasteiger partial charge is 0.477 e. The Morgan fingerprint density at radius 1 is 0.870 bits per heavy atom. The summed E-state index contributed by atoms with van der Waals surface area (Å²) in [6.45, 7) is 0.624. The van der Waals surface area contributed by atoms with Gasteiger partial charge in [-0.15, -0.1) is 11.6 Å². The molecule has 0 bridgehead atoms. The van der Waals surface area contributed by atoms with Crippen LogP contribution in [0.1, 0.15) is 24.2 Å². The predicted octanol–water partition coefficient (Wildman–Crippen LogP) is 4.62. The minimum atomic E-state index is 0.624. The smallest absolute Gasteiger partial charge is 0.224 e. The summed E-state index contributed by atoms with van der Waals surface area (Å²) in [5, 5.41) is 0.954. The van der Waals surface area contributed by atoms with Gasteiger partial charge in [0.1, 0.15) is 5.82 Å². The summed E-state index contributed by atoms with van der Waals surface area (Å²) in [7, 11) is 0. The van der Waals surface area contributed by atoms with E-state index in [0.717, 1.165) is 29.6 Å². The van der Waals surface area contributed by atoms with Gasteiger partial charge in [-0.05, 0) is 30.5 Å². The van der Waals surface area contributed by atoms with Crippen molar-refractivity contribution in [2.75, 3.05) is 12.5 Å². The van der Waals surface area contributed by atoms with E-state index in [0.29, 0.717) is 24.8 Å². The van der Waals surface area contributed by atoms with Gasteiger partial charge < -0.3 is 4.74 Å². The molecule has 1 aromatic heterocycles. The molecule has 0 aliphatic carbocycles. The Hall–Kier alpha value is -2.13. The number of unbranched alkanes of at least 4 members (excludes halogenated alkanes) is 1. The van der Waals surface area contributed by atoms with E-state index < -0.39 is 0 Å². The maximum Gasteiger partial charge on any atom is 0.224 e. The number of alkyl halides is 1. The van der Waals surface area contributed by atoms with Gasteiger partial charge in [0.15, 0.2) is 0 Å². The molecule has 0 amide bonds. The van der Waals surface area contributed by atoms with E-state index in [1.54, 1.807) is 0 Å². The van der Waals surface area contributed by atoms with E-state index in [1.165, 1.54) is 5.56 Å². The number of aromatic nitrogens is 2. The number of nitrogens with zero attached hydrogens (tertiary/aromatic N) is 2. The van der Waals surface area contributed by atoms with Crippen LogP contribution in [0.25, 0.3) is 10.9 Å². The lowest BCUT2D eigenvalue weighted by atomic mass is 10.1. The minimum Gasteiger partial charge on any atom is -0.477 e. The molecule has 3 rings (SSSR count). The van der Waals surface area contributed by atoms with Crippen molar-refractivity contribution >= 4 is 22.5 Å². The van der Waals surface area contributed by atoms with Crippen molar-refractivity contribution in [3.05, 3.63) is 66.0 Å². The Morgan fingerprint density at radius 2 is 1.65 bits per heavy atom. The molecule has 0 atom stereocenters. The van der Waals surface area contributed by atoms with Crippen LogP contribution in [0.3, 0.4) is 0 Å². The summed E-state index contributed by atoms with van der Waals surface area (Å²) in [5.74, 6) is 2.10. The third-order valence-electron chi connectivity index (χ3n) is 3.59. The molecule has 0 spiro atoms. The van der Waals surface area contributed by atoms with Gasteiger partial charge in [-0.25, -0.2) is 4.98 Å². The molecule has 23 heavy (non-hydrogen) atoms. The Morgan fingerprint density at radius 3 is 2.48 bits per heavy atom. The highest BCUT2D eigenvalue weighted by Crippen LogP contribution is 2.23. The van der Waals surface area contributed by atoms with Gasteiger partial charge in [-0.1, -0.05) is 42.5 Å². The molecule has 118 valence electrons. The number of ether oxygens (including phenoxy) is 1. The molecule has 3 nitrogen and oxygen atoms in total. The van der Waals surface area contributed by atoms with Gasteiger partial charge in [-0.2, -0.15) is 4.98 Å². The fourth-order valence-corrected chi connectivity index (χ4v) is 2.62. The molecule has 0 fully saturated rings. The summed E-state index contributed by atoms with van der Waals surface area (Å²) in [6, 6.07) is 18.2. The number of hydrogen-bond acceptors (Lipinski definition) is 3. The first-order chi connectivity index (χ1) is 11.4. The highest BCUT2D eigenvalue weighted by atomic mass is 35.5. The maximum absolute atomic E-state index is 5.89. The Kier molecular flexibility index (Phi) is 5.43. The van der Waals surface area contributed by atoms with Gasteiger partial charge in [0.05, 0.1) is 17.5 Å². The number of halogens is 1. The van der Waals surface area contributed by atoms with E-state index in [1.807, 2.05) is 42.5 Å². The van der Waals surface area contributed by atoms with Crippen molar-refractivity contribution in [1.82, 2.24) is 9.97 Å². The van der Waals surface area contributed by atoms with Crippen molar-refractivity contribution in [1.29, 1.82) is 0 Å². The summed E-state index contributed by atoms with van der Waals surface area (Å²) in [6.07, 6.45) is 2.57. The van der Waals surface area contributed by atoms with Crippen molar-refractivity contribution in [3.8, 4) is 5.88 Å². The lowest BCUT2D eigenvalue weighted by Gasteiger charge is -2.10. The minimum absolute atomic E-state index is 0.624. The van der Waals surface area contributed by atoms with Gasteiger partial charge in [0.25, 0.3) is 0 Å². The first-order valence-electron chi connectivity index (χ1n) is 7.85. The monoisotopic (exact) mass is 326 g/mol. The first-order valence-corrected chi connectivity index (χ1v) is 8.38. The van der Waals surface area contributed by atoms with Crippen LogP contribution >= 0.6 is 11.6 Å². The highest BCUT2D eigenvalue weighted by molar-refractivity contribution is 6.17. The average molecular weight is 327 g/mol.